The molecule has 4 aromatic rings. The molecule has 0 atom stereocenters. The maximum absolute atomic E-state index is 4.37. The number of anilines is 2. The molecule has 0 aliphatic rings. The number of benzene rings is 2. The average molecular weight is 533 g/mol. The second kappa shape index (κ2) is 13.2. The van der Waals surface area contributed by atoms with Gasteiger partial charge in [0.1, 0.15) is 0 Å². The van der Waals surface area contributed by atoms with Crippen LogP contribution in [0.5, 0.6) is 0 Å². The van der Waals surface area contributed by atoms with E-state index in [0.29, 0.717) is 10.3 Å². The zero-order valence-electron chi connectivity index (χ0n) is 21.7. The van der Waals surface area contributed by atoms with Crippen LogP contribution >= 0.6 is 22.7 Å². The predicted octanol–water partition coefficient (Wildman–Crippen LogP) is 8.79. The van der Waals surface area contributed by atoms with E-state index in [4.69, 9.17) is 0 Å². The van der Waals surface area contributed by atoms with Gasteiger partial charge in [0.15, 0.2) is 0 Å². The minimum Gasteiger partial charge on any atom is -0.372 e. The van der Waals surface area contributed by atoms with Crippen LogP contribution in [-0.4, -0.2) is 36.1 Å². The van der Waals surface area contributed by atoms with Gasteiger partial charge in [-0.3, -0.25) is 0 Å². The van der Waals surface area contributed by atoms with Gasteiger partial charge in [-0.05, 0) is 81.6 Å². The molecule has 0 aliphatic carbocycles. The van der Waals surface area contributed by atoms with Gasteiger partial charge in [0.2, 0.25) is 10.3 Å². The lowest BCUT2D eigenvalue weighted by Crippen LogP contribution is -2.30. The Morgan fingerprint density at radius 1 is 0.676 bits per heavy atom. The summed E-state index contributed by atoms with van der Waals surface area (Å²) < 4.78 is 0. The molecular weight excluding hydrogens is 500 g/mol. The van der Waals surface area contributed by atoms with Crippen LogP contribution in [0.3, 0.4) is 0 Å². The summed E-state index contributed by atoms with van der Waals surface area (Å²) in [5.41, 5.74) is 6.38. The third-order valence-corrected chi connectivity index (χ3v) is 7.35. The molecule has 0 bridgehead atoms. The Morgan fingerprint density at radius 2 is 1.14 bits per heavy atom. The lowest BCUT2D eigenvalue weighted by molar-refractivity contribution is 0.710. The van der Waals surface area contributed by atoms with Gasteiger partial charge in [-0.15, -0.1) is 43.1 Å². The quantitative estimate of drug-likeness (QED) is 0.171. The molecule has 2 aromatic heterocycles. The summed E-state index contributed by atoms with van der Waals surface area (Å²) in [4.78, 5) is 13.1. The minimum atomic E-state index is 0.670. The van der Waals surface area contributed by atoms with Crippen LogP contribution < -0.4 is 9.80 Å². The fourth-order valence-electron chi connectivity index (χ4n) is 4.01. The van der Waals surface area contributed by atoms with E-state index in [1.165, 1.54) is 34.0 Å². The van der Waals surface area contributed by atoms with E-state index in [1.54, 1.807) is 12.4 Å². The Morgan fingerprint density at radius 3 is 1.49 bits per heavy atom. The van der Waals surface area contributed by atoms with E-state index in [0.717, 1.165) is 55.1 Å². The van der Waals surface area contributed by atoms with Gasteiger partial charge in [0.05, 0.1) is 11.4 Å². The van der Waals surface area contributed by atoms with Crippen LogP contribution in [0, 0.1) is 13.8 Å². The normalized spacial score (nSPS) is 11.6. The molecular formula is C27H32N8S2. The van der Waals surface area contributed by atoms with Crippen molar-refractivity contribution in [1.29, 1.82) is 0 Å². The SMILES string of the molecule is CCN(CCCN(CC)c1ccc(N=Nc2nccs2)c(C)c1)c1ccc(N=Nc2nccs2)c(C)c1. The van der Waals surface area contributed by atoms with Gasteiger partial charge >= 0.3 is 0 Å². The molecule has 0 spiro atoms. The Bertz CT molecular complexity index is 1210. The summed E-state index contributed by atoms with van der Waals surface area (Å²) in [7, 11) is 0. The summed E-state index contributed by atoms with van der Waals surface area (Å²) in [5, 5.41) is 22.4. The molecule has 192 valence electrons. The van der Waals surface area contributed by atoms with Crippen molar-refractivity contribution in [1.82, 2.24) is 9.97 Å². The maximum Gasteiger partial charge on any atom is 0.229 e. The minimum absolute atomic E-state index is 0.670. The van der Waals surface area contributed by atoms with Crippen molar-refractivity contribution in [2.24, 2.45) is 20.5 Å². The van der Waals surface area contributed by atoms with Gasteiger partial charge in [0, 0.05) is 60.7 Å². The summed E-state index contributed by atoms with van der Waals surface area (Å²) in [5.74, 6) is 0. The number of aromatic nitrogens is 2. The number of azo groups is 2. The summed E-state index contributed by atoms with van der Waals surface area (Å²) in [6, 6.07) is 12.7. The molecule has 0 aliphatic heterocycles. The van der Waals surface area contributed by atoms with Crippen molar-refractivity contribution in [3.8, 4) is 0 Å². The van der Waals surface area contributed by atoms with Crippen LogP contribution in [0.25, 0.3) is 0 Å². The van der Waals surface area contributed by atoms with Crippen LogP contribution in [0.15, 0.2) is 80.0 Å². The molecule has 0 saturated carbocycles. The largest absolute Gasteiger partial charge is 0.372 e. The maximum atomic E-state index is 4.37. The highest BCUT2D eigenvalue weighted by Crippen LogP contribution is 2.29. The summed E-state index contributed by atoms with van der Waals surface area (Å²) in [6.45, 7) is 12.4. The van der Waals surface area contributed by atoms with Crippen molar-refractivity contribution in [3.63, 3.8) is 0 Å². The number of rotatable bonds is 12. The Hall–Kier alpha value is -3.50. The fourth-order valence-corrected chi connectivity index (χ4v) is 4.92. The molecule has 2 heterocycles. The number of thiazole rings is 2. The van der Waals surface area contributed by atoms with Gasteiger partial charge in [-0.2, -0.15) is 0 Å². The van der Waals surface area contributed by atoms with Crippen LogP contribution in [0.2, 0.25) is 0 Å². The third kappa shape index (κ3) is 7.27. The second-order valence-corrected chi connectivity index (χ2v) is 10.2. The second-order valence-electron chi connectivity index (χ2n) is 8.48. The van der Waals surface area contributed by atoms with E-state index in [-0.39, 0.29) is 0 Å². The fraction of sp³-hybridized carbons (Fsp3) is 0.333. The van der Waals surface area contributed by atoms with Crippen LogP contribution in [0.1, 0.15) is 31.4 Å². The first-order chi connectivity index (χ1) is 18.1. The van der Waals surface area contributed by atoms with Gasteiger partial charge in [-0.25, -0.2) is 9.97 Å². The van der Waals surface area contributed by atoms with E-state index < -0.39 is 0 Å². The Labute approximate surface area is 226 Å². The average Bonchev–Trinajstić information content (AvgIpc) is 3.62. The molecule has 37 heavy (non-hydrogen) atoms. The van der Waals surface area contributed by atoms with Gasteiger partial charge < -0.3 is 9.80 Å². The first-order valence-electron chi connectivity index (χ1n) is 12.4. The van der Waals surface area contributed by atoms with E-state index in [9.17, 15) is 0 Å². The highest BCUT2D eigenvalue weighted by molar-refractivity contribution is 7.13. The van der Waals surface area contributed by atoms with Crippen LogP contribution in [-0.2, 0) is 0 Å². The van der Waals surface area contributed by atoms with Gasteiger partial charge in [-0.1, -0.05) is 0 Å². The molecule has 0 radical (unpaired) electrons. The third-order valence-electron chi connectivity index (χ3n) is 6.04. The first kappa shape index (κ1) is 26.6. The molecule has 0 N–H and O–H groups in total. The van der Waals surface area contributed by atoms with Crippen molar-refractivity contribution < 1.29 is 0 Å². The monoisotopic (exact) mass is 532 g/mol. The molecule has 0 unspecified atom stereocenters. The molecule has 4 rings (SSSR count). The number of nitrogens with zero attached hydrogens (tertiary/aromatic N) is 8. The zero-order valence-corrected chi connectivity index (χ0v) is 23.3. The van der Waals surface area contributed by atoms with Crippen molar-refractivity contribution in [2.75, 3.05) is 36.0 Å². The molecule has 0 saturated heterocycles. The van der Waals surface area contributed by atoms with Crippen LogP contribution in [0.4, 0.5) is 33.0 Å². The highest BCUT2D eigenvalue weighted by Gasteiger charge is 2.10. The summed E-state index contributed by atoms with van der Waals surface area (Å²) in [6.07, 6.45) is 4.53. The first-order valence-corrected chi connectivity index (χ1v) is 14.2. The predicted molar refractivity (Wildman–Crippen MR) is 155 cm³/mol. The smallest absolute Gasteiger partial charge is 0.229 e. The lowest BCUT2D eigenvalue weighted by Gasteiger charge is -2.27. The molecule has 2 aromatic carbocycles. The van der Waals surface area contributed by atoms with E-state index in [1.807, 2.05) is 22.9 Å². The molecule has 0 fully saturated rings. The number of hydrogen-bond donors (Lipinski definition) is 0. The number of aryl methyl sites for hydroxylation is 2. The zero-order chi connectivity index (χ0) is 26.0. The standard InChI is InChI=1S/C27H32N8S2/c1-5-34(22-8-10-24(20(3)18-22)30-32-26-28-12-16-36-26)14-7-15-35(6-2)23-9-11-25(21(4)19-23)31-33-27-29-13-17-37-27/h8-13,16-19H,5-7,14-15H2,1-4H3. The van der Waals surface area contributed by atoms with Crippen molar-refractivity contribution in [2.45, 2.75) is 34.1 Å². The molecule has 8 nitrogen and oxygen atoms in total. The van der Waals surface area contributed by atoms with E-state index >= 15 is 0 Å². The van der Waals surface area contributed by atoms with Crippen molar-refractivity contribution >= 4 is 55.7 Å². The Balaban J connectivity index is 1.35. The number of hydrogen-bond acceptors (Lipinski definition) is 10. The van der Waals surface area contributed by atoms with E-state index in [2.05, 4.69) is 92.2 Å². The molecule has 10 heteroatoms. The Kier molecular flexibility index (Phi) is 9.45. The summed E-state index contributed by atoms with van der Waals surface area (Å²) >= 11 is 2.96. The topological polar surface area (TPSA) is 81.7 Å². The molecule has 0 amide bonds. The van der Waals surface area contributed by atoms with Crippen molar-refractivity contribution in [3.05, 3.63) is 70.7 Å². The highest BCUT2D eigenvalue weighted by atomic mass is 32.1. The van der Waals surface area contributed by atoms with Gasteiger partial charge in [0.25, 0.3) is 0 Å². The lowest BCUT2D eigenvalue weighted by atomic mass is 10.1.